The predicted octanol–water partition coefficient (Wildman–Crippen LogP) is 1.25. The third-order valence-electron chi connectivity index (χ3n) is 3.69. The van der Waals surface area contributed by atoms with Crippen LogP contribution in [0.15, 0.2) is 42.6 Å². The minimum atomic E-state index is -1.25. The van der Waals surface area contributed by atoms with Crippen molar-refractivity contribution in [2.45, 2.75) is 25.2 Å². The van der Waals surface area contributed by atoms with Crippen molar-refractivity contribution in [1.29, 1.82) is 5.26 Å². The number of aromatic nitrogens is 1. The molecule has 8 nitrogen and oxygen atoms in total. The summed E-state index contributed by atoms with van der Waals surface area (Å²) < 4.78 is 5.04. The average Bonchev–Trinajstić information content (AvgIpc) is 2.67. The zero-order valence-corrected chi connectivity index (χ0v) is 14.0. The number of nitriles is 1. The molecular formula is C18H20N4O4. The van der Waals surface area contributed by atoms with Crippen LogP contribution in [0.4, 0.5) is 10.6 Å². The van der Waals surface area contributed by atoms with Gasteiger partial charge in [-0.3, -0.25) is 0 Å². The van der Waals surface area contributed by atoms with E-state index in [9.17, 15) is 15.0 Å². The van der Waals surface area contributed by atoms with Crippen molar-refractivity contribution in [3.8, 4) is 6.07 Å². The van der Waals surface area contributed by atoms with Gasteiger partial charge in [-0.1, -0.05) is 30.3 Å². The lowest BCUT2D eigenvalue weighted by Gasteiger charge is -2.18. The predicted molar refractivity (Wildman–Crippen MR) is 93.6 cm³/mol. The van der Waals surface area contributed by atoms with Crippen molar-refractivity contribution in [2.24, 2.45) is 0 Å². The fourth-order valence-electron chi connectivity index (χ4n) is 2.22. The number of nitrogens with zero attached hydrogens (tertiary/aromatic N) is 2. The number of aliphatic hydroxyl groups is 2. The van der Waals surface area contributed by atoms with Gasteiger partial charge in [-0.2, -0.15) is 5.26 Å². The van der Waals surface area contributed by atoms with Crippen molar-refractivity contribution >= 4 is 11.9 Å². The molecule has 26 heavy (non-hydrogen) atoms. The number of carbonyl (C=O) groups is 1. The van der Waals surface area contributed by atoms with Gasteiger partial charge in [0.05, 0.1) is 11.7 Å². The first kappa shape index (κ1) is 19.2. The Morgan fingerprint density at radius 3 is 2.77 bits per heavy atom. The molecule has 136 valence electrons. The van der Waals surface area contributed by atoms with E-state index in [2.05, 4.69) is 10.3 Å². The lowest BCUT2D eigenvalue weighted by atomic mass is 10.0. The maximum Gasteiger partial charge on any atom is 0.407 e. The van der Waals surface area contributed by atoms with Gasteiger partial charge in [-0.25, -0.2) is 9.78 Å². The van der Waals surface area contributed by atoms with Crippen LogP contribution >= 0.6 is 0 Å². The van der Waals surface area contributed by atoms with Gasteiger partial charge >= 0.3 is 6.09 Å². The summed E-state index contributed by atoms with van der Waals surface area (Å²) in [5.74, 6) is 0.0563. The van der Waals surface area contributed by atoms with Gasteiger partial charge in [0.2, 0.25) is 0 Å². The molecule has 2 aromatic rings. The Morgan fingerprint density at radius 2 is 2.08 bits per heavy atom. The molecule has 0 saturated heterocycles. The second-order valence-corrected chi connectivity index (χ2v) is 5.60. The van der Waals surface area contributed by atoms with Crippen molar-refractivity contribution in [3.05, 3.63) is 59.3 Å². The van der Waals surface area contributed by atoms with Gasteiger partial charge in [0.15, 0.2) is 0 Å². The number of nitrogens with two attached hydrogens (primary N) is 1. The molecule has 0 aliphatic heterocycles. The SMILES string of the molecule is N#Cc1cc(C(O)C(O)CCNC(=O)OCc2ccccc2)cnc1N. The van der Waals surface area contributed by atoms with Gasteiger partial charge in [0.1, 0.15) is 24.6 Å². The number of nitrogens with one attached hydrogen (secondary N) is 1. The second-order valence-electron chi connectivity index (χ2n) is 5.60. The molecule has 0 fully saturated rings. The number of pyridine rings is 1. The van der Waals surface area contributed by atoms with E-state index in [0.717, 1.165) is 5.56 Å². The van der Waals surface area contributed by atoms with E-state index < -0.39 is 18.3 Å². The van der Waals surface area contributed by atoms with Crippen LogP contribution in [-0.4, -0.2) is 33.9 Å². The van der Waals surface area contributed by atoms with Crippen molar-refractivity contribution in [1.82, 2.24) is 10.3 Å². The molecule has 0 aliphatic carbocycles. The highest BCUT2D eigenvalue weighted by Crippen LogP contribution is 2.21. The Morgan fingerprint density at radius 1 is 1.35 bits per heavy atom. The smallest absolute Gasteiger partial charge is 0.407 e. The van der Waals surface area contributed by atoms with Crippen LogP contribution in [0.2, 0.25) is 0 Å². The molecular weight excluding hydrogens is 336 g/mol. The molecule has 2 unspecified atom stereocenters. The number of anilines is 1. The monoisotopic (exact) mass is 356 g/mol. The molecule has 8 heteroatoms. The number of carbonyl (C=O) groups excluding carboxylic acids is 1. The summed E-state index contributed by atoms with van der Waals surface area (Å²) in [5, 5.41) is 31.6. The van der Waals surface area contributed by atoms with Gasteiger partial charge in [0.25, 0.3) is 0 Å². The summed E-state index contributed by atoms with van der Waals surface area (Å²) >= 11 is 0. The molecule has 1 aromatic carbocycles. The highest BCUT2D eigenvalue weighted by atomic mass is 16.5. The van der Waals surface area contributed by atoms with E-state index in [1.165, 1.54) is 12.3 Å². The van der Waals surface area contributed by atoms with Crippen LogP contribution in [0.3, 0.4) is 0 Å². The van der Waals surface area contributed by atoms with Crippen molar-refractivity contribution in [2.75, 3.05) is 12.3 Å². The standard InChI is InChI=1S/C18H20N4O4/c19-9-13-8-14(10-22-17(13)20)16(24)15(23)6-7-21-18(25)26-11-12-4-2-1-3-5-12/h1-5,8,10,15-16,23-24H,6-7,11H2,(H2,20,22)(H,21,25). The summed E-state index contributed by atoms with van der Waals surface area (Å²) in [4.78, 5) is 15.4. The molecule has 0 saturated carbocycles. The van der Waals surface area contributed by atoms with Crippen LogP contribution in [0, 0.1) is 11.3 Å². The van der Waals surface area contributed by atoms with Gasteiger partial charge in [-0.15, -0.1) is 0 Å². The minimum Gasteiger partial charge on any atom is -0.445 e. The van der Waals surface area contributed by atoms with E-state index in [1.54, 1.807) is 0 Å². The van der Waals surface area contributed by atoms with Gasteiger partial charge in [-0.05, 0) is 18.1 Å². The zero-order valence-electron chi connectivity index (χ0n) is 14.0. The summed E-state index contributed by atoms with van der Waals surface area (Å²) in [7, 11) is 0. The molecule has 2 atom stereocenters. The lowest BCUT2D eigenvalue weighted by Crippen LogP contribution is -2.29. The number of aliphatic hydroxyl groups excluding tert-OH is 2. The Hall–Kier alpha value is -3.15. The maximum absolute atomic E-state index is 11.6. The molecule has 0 radical (unpaired) electrons. The van der Waals surface area contributed by atoms with E-state index >= 15 is 0 Å². The molecule has 0 aliphatic rings. The first-order chi connectivity index (χ1) is 12.5. The normalized spacial score (nSPS) is 12.7. The van der Waals surface area contributed by atoms with Crippen molar-refractivity contribution in [3.63, 3.8) is 0 Å². The third-order valence-corrected chi connectivity index (χ3v) is 3.69. The number of hydrogen-bond acceptors (Lipinski definition) is 7. The van der Waals surface area contributed by atoms with Crippen LogP contribution < -0.4 is 11.1 Å². The molecule has 5 N–H and O–H groups in total. The van der Waals surface area contributed by atoms with E-state index in [4.69, 9.17) is 15.7 Å². The van der Waals surface area contributed by atoms with Crippen LogP contribution in [0.25, 0.3) is 0 Å². The summed E-state index contributed by atoms with van der Waals surface area (Å²) in [5.41, 5.74) is 6.78. The largest absolute Gasteiger partial charge is 0.445 e. The number of alkyl carbamates (subject to hydrolysis) is 1. The highest BCUT2D eigenvalue weighted by Gasteiger charge is 2.20. The second kappa shape index (κ2) is 9.36. The van der Waals surface area contributed by atoms with Gasteiger partial charge in [0, 0.05) is 18.3 Å². The number of rotatable bonds is 7. The Labute approximate surface area is 150 Å². The Bertz CT molecular complexity index is 777. The molecule has 0 bridgehead atoms. The van der Waals surface area contributed by atoms with E-state index in [1.807, 2.05) is 36.4 Å². The van der Waals surface area contributed by atoms with E-state index in [0.29, 0.717) is 0 Å². The Kier molecular flexibility index (Phi) is 6.91. The zero-order chi connectivity index (χ0) is 18.9. The molecule has 1 aromatic heterocycles. The number of amides is 1. The number of hydrogen-bond donors (Lipinski definition) is 4. The minimum absolute atomic E-state index is 0.0563. The fourth-order valence-corrected chi connectivity index (χ4v) is 2.22. The number of benzene rings is 1. The van der Waals surface area contributed by atoms with E-state index in [-0.39, 0.29) is 36.5 Å². The van der Waals surface area contributed by atoms with Crippen LogP contribution in [0.1, 0.15) is 29.2 Å². The molecule has 1 amide bonds. The highest BCUT2D eigenvalue weighted by molar-refractivity contribution is 5.67. The van der Waals surface area contributed by atoms with Crippen LogP contribution in [0.5, 0.6) is 0 Å². The molecule has 1 heterocycles. The summed E-state index contributed by atoms with van der Waals surface area (Å²) in [6.45, 7) is 0.255. The van der Waals surface area contributed by atoms with Gasteiger partial charge < -0.3 is 26.0 Å². The molecule has 2 rings (SSSR count). The maximum atomic E-state index is 11.6. The first-order valence-electron chi connectivity index (χ1n) is 7.97. The quantitative estimate of drug-likeness (QED) is 0.585. The molecule has 0 spiro atoms. The average molecular weight is 356 g/mol. The number of nitrogen functional groups attached to an aromatic ring is 1. The fraction of sp³-hybridized carbons (Fsp3) is 0.278. The Balaban J connectivity index is 1.76. The number of ether oxygens (including phenoxy) is 1. The third kappa shape index (κ3) is 5.44. The summed E-state index contributed by atoms with van der Waals surface area (Å²) in [6, 6.07) is 12.5. The van der Waals surface area contributed by atoms with Crippen molar-refractivity contribution < 1.29 is 19.7 Å². The van der Waals surface area contributed by atoms with Crippen LogP contribution in [-0.2, 0) is 11.3 Å². The summed E-state index contributed by atoms with van der Waals surface area (Å²) in [6.07, 6.45) is -1.63. The topological polar surface area (TPSA) is 141 Å². The lowest BCUT2D eigenvalue weighted by molar-refractivity contribution is 0.0134. The first-order valence-corrected chi connectivity index (χ1v) is 7.97.